The molecule has 14 heteroatoms. The number of benzene rings is 2. The monoisotopic (exact) mass is 645 g/mol. The first-order valence-corrected chi connectivity index (χ1v) is 15.5. The third kappa shape index (κ3) is 7.14. The maximum Gasteiger partial charge on any atom is 0.325 e. The summed E-state index contributed by atoms with van der Waals surface area (Å²) in [4.78, 5) is 44.9. The lowest BCUT2D eigenvalue weighted by molar-refractivity contribution is -0.163. The van der Waals surface area contributed by atoms with Crippen molar-refractivity contribution in [1.82, 2.24) is 15.2 Å². The van der Waals surface area contributed by atoms with Crippen molar-refractivity contribution in [1.29, 1.82) is 0 Å². The molecule has 3 aromatic rings. The van der Waals surface area contributed by atoms with E-state index in [1.54, 1.807) is 31.2 Å². The van der Waals surface area contributed by atoms with E-state index in [-0.39, 0.29) is 6.61 Å². The average molecular weight is 647 g/mol. The van der Waals surface area contributed by atoms with Gasteiger partial charge in [-0.2, -0.15) is 0 Å². The third-order valence-corrected chi connectivity index (χ3v) is 9.96. The fraction of sp³-hybridized carbons (Fsp3) is 0.280. The van der Waals surface area contributed by atoms with E-state index in [0.29, 0.717) is 11.3 Å². The van der Waals surface area contributed by atoms with E-state index in [9.17, 15) is 14.4 Å². The van der Waals surface area contributed by atoms with Crippen LogP contribution >= 0.6 is 67.7 Å². The lowest BCUT2D eigenvalue weighted by atomic mass is 9.81. The number of likely N-dealkylation sites (tertiary alicyclic amines) is 1. The lowest BCUT2D eigenvalue weighted by Crippen LogP contribution is -2.80. The Balaban J connectivity index is 1.52. The standard InChI is InChI=1S/C25H22Cl3N3O5S3/c1-15(2)25(30-19(32)13-35-16-8-4-3-5-9-16)21(34)31(12-20(33)36-14-24(26,27)28)22(25)38-39-23-29-17-10-6-7-11-18(17)37-23/h3-11,22H,1,12-14H2,2H3,(H,30,32). The second kappa shape index (κ2) is 12.6. The highest BCUT2D eigenvalue weighted by atomic mass is 35.6. The van der Waals surface area contributed by atoms with Gasteiger partial charge in [-0.15, -0.1) is 11.3 Å². The van der Waals surface area contributed by atoms with Gasteiger partial charge < -0.3 is 19.7 Å². The van der Waals surface area contributed by atoms with E-state index in [2.05, 4.69) is 16.9 Å². The Morgan fingerprint density at radius 2 is 1.87 bits per heavy atom. The average Bonchev–Trinajstić information content (AvgIpc) is 3.32. The largest absolute Gasteiger partial charge is 0.484 e. The molecule has 1 aliphatic heterocycles. The molecule has 0 radical (unpaired) electrons. The minimum absolute atomic E-state index is 0.319. The minimum atomic E-state index is -1.79. The van der Waals surface area contributed by atoms with Gasteiger partial charge in [-0.05, 0) is 47.6 Å². The highest BCUT2D eigenvalue weighted by molar-refractivity contribution is 8.77. The number of ether oxygens (including phenoxy) is 2. The maximum atomic E-state index is 13.5. The summed E-state index contributed by atoms with van der Waals surface area (Å²) in [5, 5.41) is 2.08. The van der Waals surface area contributed by atoms with Crippen LogP contribution in [0, 0.1) is 0 Å². The van der Waals surface area contributed by atoms with Crippen molar-refractivity contribution in [3.8, 4) is 5.75 Å². The quantitative estimate of drug-likeness (QED) is 0.0942. The zero-order valence-electron chi connectivity index (χ0n) is 20.4. The van der Waals surface area contributed by atoms with Crippen molar-refractivity contribution in [2.45, 2.75) is 26.0 Å². The molecular formula is C25H22Cl3N3O5S3. The fourth-order valence-corrected chi connectivity index (χ4v) is 8.13. The van der Waals surface area contributed by atoms with E-state index in [1.165, 1.54) is 37.8 Å². The van der Waals surface area contributed by atoms with E-state index in [4.69, 9.17) is 44.3 Å². The SMILES string of the molecule is C=C(C)C1(NC(=O)COc2ccccc2)C(=O)N(CC(=O)OCC(Cl)(Cl)Cl)C1SSc1nc2ccccc2s1. The zero-order valence-corrected chi connectivity index (χ0v) is 25.1. The van der Waals surface area contributed by atoms with Crippen molar-refractivity contribution in [3.05, 3.63) is 66.7 Å². The summed E-state index contributed by atoms with van der Waals surface area (Å²) in [6.07, 6.45) is 0. The van der Waals surface area contributed by atoms with Gasteiger partial charge in [0.15, 0.2) is 16.5 Å². The van der Waals surface area contributed by atoms with E-state index < -0.39 is 45.6 Å². The second-order valence-corrected chi connectivity index (χ2v) is 14.5. The van der Waals surface area contributed by atoms with Gasteiger partial charge in [0.2, 0.25) is 3.79 Å². The van der Waals surface area contributed by atoms with Gasteiger partial charge in [0.25, 0.3) is 11.8 Å². The predicted molar refractivity (Wildman–Crippen MR) is 157 cm³/mol. The molecule has 1 aliphatic rings. The molecule has 1 fully saturated rings. The normalized spacial score (nSPS) is 18.9. The Labute approximate surface area is 251 Å². The molecular weight excluding hydrogens is 625 g/mol. The van der Waals surface area contributed by atoms with Crippen molar-refractivity contribution in [3.63, 3.8) is 0 Å². The van der Waals surface area contributed by atoms with Crippen LogP contribution in [0.5, 0.6) is 5.75 Å². The number of hydrogen-bond donors (Lipinski definition) is 1. The summed E-state index contributed by atoms with van der Waals surface area (Å²) in [6, 6.07) is 16.5. The summed E-state index contributed by atoms with van der Waals surface area (Å²) < 4.78 is 10.5. The molecule has 8 nitrogen and oxygen atoms in total. The first-order chi connectivity index (χ1) is 18.5. The molecule has 0 spiro atoms. The Bertz CT molecular complexity index is 1350. The van der Waals surface area contributed by atoms with Crippen molar-refractivity contribution in [2.24, 2.45) is 0 Å². The van der Waals surface area contributed by atoms with Crippen LogP contribution in [0.3, 0.4) is 0 Å². The Morgan fingerprint density at radius 1 is 1.18 bits per heavy atom. The zero-order chi connectivity index (χ0) is 28.2. The fourth-order valence-electron chi connectivity index (χ4n) is 3.74. The highest BCUT2D eigenvalue weighted by Crippen LogP contribution is 2.50. The van der Waals surface area contributed by atoms with Gasteiger partial charge in [0, 0.05) is 0 Å². The van der Waals surface area contributed by atoms with Crippen LogP contribution in [0.15, 0.2) is 71.1 Å². The molecule has 0 bridgehead atoms. The summed E-state index contributed by atoms with van der Waals surface area (Å²) in [5.41, 5.74) is -0.241. The number of thiazole rings is 1. The van der Waals surface area contributed by atoms with Gasteiger partial charge in [-0.1, -0.05) is 82.5 Å². The maximum absolute atomic E-state index is 13.5. The van der Waals surface area contributed by atoms with Crippen LogP contribution in [0.4, 0.5) is 0 Å². The van der Waals surface area contributed by atoms with Crippen LogP contribution in [0.2, 0.25) is 0 Å². The van der Waals surface area contributed by atoms with Gasteiger partial charge in [0.1, 0.15) is 24.3 Å². The van der Waals surface area contributed by atoms with Crippen molar-refractivity contribution in [2.75, 3.05) is 19.8 Å². The highest BCUT2D eigenvalue weighted by Gasteiger charge is 2.63. The number of halogens is 3. The van der Waals surface area contributed by atoms with E-state index >= 15 is 0 Å². The second-order valence-electron chi connectivity index (χ2n) is 8.43. The lowest BCUT2D eigenvalue weighted by Gasteiger charge is -2.55. The molecule has 1 saturated heterocycles. The number of aromatic nitrogens is 1. The summed E-state index contributed by atoms with van der Waals surface area (Å²) in [5.74, 6) is -1.30. The topological polar surface area (TPSA) is 97.8 Å². The molecule has 0 saturated carbocycles. The van der Waals surface area contributed by atoms with Gasteiger partial charge >= 0.3 is 5.97 Å². The molecule has 4 rings (SSSR count). The Kier molecular flexibility index (Phi) is 9.61. The Hall–Kier alpha value is -2.15. The number of fused-ring (bicyclic) bond motifs is 1. The van der Waals surface area contributed by atoms with Crippen molar-refractivity contribution >= 4 is 95.7 Å². The molecule has 2 aromatic carbocycles. The number of carbonyl (C=O) groups is 3. The molecule has 1 N–H and O–H groups in total. The number of esters is 1. The number of nitrogens with one attached hydrogen (secondary N) is 1. The molecule has 2 heterocycles. The number of alkyl halides is 3. The number of β-lactam (4-membered cyclic amide) rings is 1. The summed E-state index contributed by atoms with van der Waals surface area (Å²) in [7, 11) is 2.60. The number of amides is 2. The van der Waals surface area contributed by atoms with Gasteiger partial charge in [-0.3, -0.25) is 14.4 Å². The molecule has 206 valence electrons. The number of hydrogen-bond acceptors (Lipinski definition) is 9. The third-order valence-electron chi connectivity index (χ3n) is 5.56. The first-order valence-electron chi connectivity index (χ1n) is 11.4. The van der Waals surface area contributed by atoms with Crippen LogP contribution in [0.25, 0.3) is 10.2 Å². The molecule has 2 amide bonds. The number of rotatable bonds is 11. The van der Waals surface area contributed by atoms with Crippen LogP contribution in [0.1, 0.15) is 6.92 Å². The summed E-state index contributed by atoms with van der Waals surface area (Å²) in [6.45, 7) is 4.42. The minimum Gasteiger partial charge on any atom is -0.484 e. The molecule has 0 aliphatic carbocycles. The number of nitrogens with zero attached hydrogens (tertiary/aromatic N) is 2. The van der Waals surface area contributed by atoms with Crippen molar-refractivity contribution < 1.29 is 23.9 Å². The molecule has 1 aromatic heterocycles. The molecule has 2 unspecified atom stereocenters. The molecule has 39 heavy (non-hydrogen) atoms. The van der Waals surface area contributed by atoms with E-state index in [0.717, 1.165) is 14.6 Å². The first kappa shape index (κ1) is 29.8. The Morgan fingerprint density at radius 3 is 2.54 bits per heavy atom. The molecule has 2 atom stereocenters. The van der Waals surface area contributed by atoms with Crippen LogP contribution < -0.4 is 10.1 Å². The van der Waals surface area contributed by atoms with Crippen LogP contribution in [-0.2, 0) is 19.1 Å². The van der Waals surface area contributed by atoms with E-state index in [1.807, 2.05) is 30.3 Å². The number of carbonyl (C=O) groups excluding carboxylic acids is 3. The summed E-state index contributed by atoms with van der Waals surface area (Å²) >= 11 is 18.5. The smallest absolute Gasteiger partial charge is 0.325 e. The predicted octanol–water partition coefficient (Wildman–Crippen LogP) is 5.63. The van der Waals surface area contributed by atoms with Crippen LogP contribution in [-0.4, -0.2) is 62.1 Å². The van der Waals surface area contributed by atoms with Gasteiger partial charge in [0.05, 0.1) is 10.2 Å². The number of para-hydroxylation sites is 2. The van der Waals surface area contributed by atoms with Gasteiger partial charge in [-0.25, -0.2) is 4.98 Å².